The molecule has 0 unspecified atom stereocenters. The zero-order valence-electron chi connectivity index (χ0n) is 16.3. The summed E-state index contributed by atoms with van der Waals surface area (Å²) in [6.07, 6.45) is 0. The molecule has 0 spiro atoms. The summed E-state index contributed by atoms with van der Waals surface area (Å²) < 4.78 is 3.79. The van der Waals surface area contributed by atoms with E-state index in [4.69, 9.17) is 11.6 Å². The van der Waals surface area contributed by atoms with Gasteiger partial charge >= 0.3 is 0 Å². The summed E-state index contributed by atoms with van der Waals surface area (Å²) in [4.78, 5) is 28.2. The number of hydrogen-bond donors (Lipinski definition) is 1. The van der Waals surface area contributed by atoms with Crippen molar-refractivity contribution < 1.29 is 9.59 Å². The lowest BCUT2D eigenvalue weighted by atomic mass is 10.0. The maximum Gasteiger partial charge on any atom is 0.280 e. The molecular weight excluding hydrogens is 408 g/mol. The van der Waals surface area contributed by atoms with Crippen LogP contribution in [0.4, 0.5) is 5.69 Å². The van der Waals surface area contributed by atoms with Crippen molar-refractivity contribution >= 4 is 40.6 Å². The highest BCUT2D eigenvalue weighted by molar-refractivity contribution is 7.03. The first kappa shape index (κ1) is 21.0. The first-order valence-electron chi connectivity index (χ1n) is 8.99. The Hall–Kier alpha value is -2.77. The maximum atomic E-state index is 13.4. The van der Waals surface area contributed by atoms with E-state index in [1.54, 1.807) is 29.6 Å². The van der Waals surface area contributed by atoms with Crippen LogP contribution >= 0.6 is 23.1 Å². The van der Waals surface area contributed by atoms with Gasteiger partial charge in [-0.3, -0.25) is 14.5 Å². The molecule has 0 radical (unpaired) electrons. The molecule has 0 aliphatic heterocycles. The third kappa shape index (κ3) is 5.19. The first-order chi connectivity index (χ1) is 13.8. The largest absolute Gasteiger partial charge is 0.349 e. The topological polar surface area (TPSA) is 75.2 Å². The maximum absolute atomic E-state index is 13.4. The molecule has 1 atom stereocenters. The molecule has 1 aromatic heterocycles. The number of halogens is 1. The van der Waals surface area contributed by atoms with E-state index in [-0.39, 0.29) is 11.6 Å². The van der Waals surface area contributed by atoms with Crippen LogP contribution in [0.1, 0.15) is 42.9 Å². The summed E-state index contributed by atoms with van der Waals surface area (Å²) in [5.41, 5.74) is 0.855. The zero-order chi connectivity index (χ0) is 21.0. The van der Waals surface area contributed by atoms with Crippen LogP contribution in [0.2, 0.25) is 5.02 Å². The number of hydrogen-bond acceptors (Lipinski definition) is 5. The van der Waals surface area contributed by atoms with Gasteiger partial charge in [0.1, 0.15) is 6.04 Å². The van der Waals surface area contributed by atoms with Crippen molar-refractivity contribution in [3.05, 3.63) is 76.3 Å². The van der Waals surface area contributed by atoms with Crippen LogP contribution in [0, 0.1) is 0 Å². The van der Waals surface area contributed by atoms with Crippen molar-refractivity contribution in [2.45, 2.75) is 32.4 Å². The predicted molar refractivity (Wildman–Crippen MR) is 115 cm³/mol. The number of carbonyl (C=O) groups is 2. The van der Waals surface area contributed by atoms with Gasteiger partial charge in [0, 0.05) is 21.6 Å². The Morgan fingerprint density at radius 2 is 1.83 bits per heavy atom. The molecule has 0 saturated heterocycles. The van der Waals surface area contributed by atoms with E-state index in [1.165, 1.54) is 4.90 Å². The zero-order valence-corrected chi connectivity index (χ0v) is 17.9. The highest BCUT2D eigenvalue weighted by atomic mass is 35.5. The van der Waals surface area contributed by atoms with E-state index in [2.05, 4.69) is 14.9 Å². The van der Waals surface area contributed by atoms with Crippen LogP contribution < -0.4 is 10.2 Å². The average molecular weight is 429 g/mol. The lowest BCUT2D eigenvalue weighted by Crippen LogP contribution is -2.49. The average Bonchev–Trinajstić information content (AvgIpc) is 3.19. The molecule has 0 fully saturated rings. The molecule has 6 nitrogen and oxygen atoms in total. The summed E-state index contributed by atoms with van der Waals surface area (Å²) in [5, 5.41) is 8.91. The molecule has 1 heterocycles. The summed E-state index contributed by atoms with van der Waals surface area (Å²) in [5.74, 6) is -0.737. The summed E-state index contributed by atoms with van der Waals surface area (Å²) in [6, 6.07) is 15.1. The van der Waals surface area contributed by atoms with Crippen LogP contribution in [-0.4, -0.2) is 26.9 Å². The minimum atomic E-state index is -0.914. The van der Waals surface area contributed by atoms with Gasteiger partial charge < -0.3 is 5.32 Å². The standard InChI is InChI=1S/C21H21ClN4O2S/c1-21(2,3)23-19(27)18(14-8-5-4-6-9-14)26(16-11-7-10-15(22)12-16)20(28)17-13-29-25-24-17/h4-13,18H,1-3H3,(H,23,27)/t18-/m1/s1. The van der Waals surface area contributed by atoms with E-state index < -0.39 is 17.5 Å². The fourth-order valence-electron chi connectivity index (χ4n) is 2.88. The summed E-state index contributed by atoms with van der Waals surface area (Å²) in [7, 11) is 0. The van der Waals surface area contributed by atoms with Gasteiger partial charge in [-0.1, -0.05) is 52.5 Å². The molecule has 0 saturated carbocycles. The summed E-state index contributed by atoms with van der Waals surface area (Å²) in [6.45, 7) is 5.68. The van der Waals surface area contributed by atoms with Crippen LogP contribution in [-0.2, 0) is 4.79 Å². The number of carbonyl (C=O) groups excluding carboxylic acids is 2. The Labute approximate surface area is 178 Å². The van der Waals surface area contributed by atoms with E-state index in [0.29, 0.717) is 16.3 Å². The SMILES string of the molecule is CC(C)(C)NC(=O)[C@@H](c1ccccc1)N(C(=O)c1csnn1)c1cccc(Cl)c1. The molecule has 1 N–H and O–H groups in total. The minimum Gasteiger partial charge on any atom is -0.349 e. The number of rotatable bonds is 5. The van der Waals surface area contributed by atoms with Gasteiger partial charge in [-0.25, -0.2) is 0 Å². The molecule has 3 rings (SSSR count). The van der Waals surface area contributed by atoms with E-state index >= 15 is 0 Å². The lowest BCUT2D eigenvalue weighted by molar-refractivity contribution is -0.123. The molecule has 8 heteroatoms. The number of nitrogens with one attached hydrogen (secondary N) is 1. The molecule has 29 heavy (non-hydrogen) atoms. The van der Waals surface area contributed by atoms with Gasteiger partial charge in [0.25, 0.3) is 5.91 Å². The van der Waals surface area contributed by atoms with Gasteiger partial charge in [-0.2, -0.15) is 0 Å². The van der Waals surface area contributed by atoms with Crippen molar-refractivity contribution in [3.63, 3.8) is 0 Å². The molecule has 150 valence electrons. The van der Waals surface area contributed by atoms with Crippen molar-refractivity contribution in [2.24, 2.45) is 0 Å². The van der Waals surface area contributed by atoms with Crippen molar-refractivity contribution in [2.75, 3.05) is 4.90 Å². The monoisotopic (exact) mass is 428 g/mol. The molecule has 2 aromatic carbocycles. The normalized spacial score (nSPS) is 12.3. The number of anilines is 1. The van der Waals surface area contributed by atoms with Crippen molar-refractivity contribution in [1.82, 2.24) is 14.9 Å². The second-order valence-electron chi connectivity index (χ2n) is 7.50. The van der Waals surface area contributed by atoms with Gasteiger partial charge in [-0.05, 0) is 56.1 Å². The molecule has 0 aliphatic carbocycles. The predicted octanol–water partition coefficient (Wildman–Crippen LogP) is 4.49. The van der Waals surface area contributed by atoms with Gasteiger partial charge in [0.2, 0.25) is 5.91 Å². The number of amides is 2. The Balaban J connectivity index is 2.16. The van der Waals surface area contributed by atoms with Crippen molar-refractivity contribution in [3.8, 4) is 0 Å². The third-order valence-electron chi connectivity index (χ3n) is 4.00. The molecular formula is C21H21ClN4O2S. The lowest BCUT2D eigenvalue weighted by Gasteiger charge is -2.33. The highest BCUT2D eigenvalue weighted by Gasteiger charge is 2.35. The van der Waals surface area contributed by atoms with Crippen LogP contribution in [0.5, 0.6) is 0 Å². The van der Waals surface area contributed by atoms with Gasteiger partial charge in [0.15, 0.2) is 5.69 Å². The Morgan fingerprint density at radius 1 is 1.10 bits per heavy atom. The van der Waals surface area contributed by atoms with Gasteiger partial charge in [0.05, 0.1) is 0 Å². The summed E-state index contributed by atoms with van der Waals surface area (Å²) >= 11 is 7.27. The fourth-order valence-corrected chi connectivity index (χ4v) is 3.50. The molecule has 0 aliphatic rings. The minimum absolute atomic E-state index is 0.166. The van der Waals surface area contributed by atoms with E-state index in [9.17, 15) is 9.59 Å². The molecule has 2 amide bonds. The molecule has 0 bridgehead atoms. The van der Waals surface area contributed by atoms with Crippen molar-refractivity contribution in [1.29, 1.82) is 0 Å². The Kier molecular flexibility index (Phi) is 6.30. The Morgan fingerprint density at radius 3 is 2.41 bits per heavy atom. The second kappa shape index (κ2) is 8.71. The highest BCUT2D eigenvalue weighted by Crippen LogP contribution is 2.31. The van der Waals surface area contributed by atoms with E-state index in [0.717, 1.165) is 11.5 Å². The smallest absolute Gasteiger partial charge is 0.280 e. The first-order valence-corrected chi connectivity index (χ1v) is 10.2. The number of aromatic nitrogens is 2. The number of benzene rings is 2. The van der Waals surface area contributed by atoms with Gasteiger partial charge in [-0.15, -0.1) is 5.10 Å². The Bertz CT molecular complexity index is 987. The number of nitrogens with zero attached hydrogens (tertiary/aromatic N) is 3. The van der Waals surface area contributed by atoms with Crippen LogP contribution in [0.15, 0.2) is 60.0 Å². The quantitative estimate of drug-likeness (QED) is 0.649. The van der Waals surface area contributed by atoms with Crippen LogP contribution in [0.25, 0.3) is 0 Å². The van der Waals surface area contributed by atoms with Crippen LogP contribution in [0.3, 0.4) is 0 Å². The third-order valence-corrected chi connectivity index (χ3v) is 4.74. The van der Waals surface area contributed by atoms with E-state index in [1.807, 2.05) is 51.1 Å². The molecule has 3 aromatic rings. The second-order valence-corrected chi connectivity index (χ2v) is 8.54. The fraction of sp³-hybridized carbons (Fsp3) is 0.238.